The van der Waals surface area contributed by atoms with E-state index in [-0.39, 0.29) is 5.56 Å². The predicted molar refractivity (Wildman–Crippen MR) is 63.4 cm³/mol. The number of nitrogens with one attached hydrogen (secondary N) is 1. The number of hydrogen-bond acceptors (Lipinski definition) is 5. The van der Waals surface area contributed by atoms with Crippen LogP contribution in [0.15, 0.2) is 6.20 Å². The predicted octanol–water partition coefficient (Wildman–Crippen LogP) is 0.636. The maximum Gasteiger partial charge on any atom is 0.341 e. The molecule has 1 aliphatic rings. The first-order valence-electron chi connectivity index (χ1n) is 5.58. The highest BCUT2D eigenvalue weighted by Gasteiger charge is 2.24. The number of nitrogens with zero attached hydrogens (tertiary/aromatic N) is 3. The average molecular weight is 236 g/mol. The van der Waals surface area contributed by atoms with Crippen LogP contribution in [0, 0.1) is 0 Å². The molecular formula is C11H16N4O2. The van der Waals surface area contributed by atoms with Gasteiger partial charge >= 0.3 is 5.97 Å². The van der Waals surface area contributed by atoms with Crippen LogP contribution < -0.4 is 5.32 Å². The molecule has 2 N–H and O–H groups in total. The van der Waals surface area contributed by atoms with Gasteiger partial charge in [-0.2, -0.15) is 0 Å². The Kier molecular flexibility index (Phi) is 3.23. The van der Waals surface area contributed by atoms with Gasteiger partial charge in [-0.05, 0) is 20.0 Å². The van der Waals surface area contributed by atoms with Crippen molar-refractivity contribution in [2.75, 3.05) is 32.5 Å². The average Bonchev–Trinajstić information content (AvgIpc) is 2.75. The van der Waals surface area contributed by atoms with Gasteiger partial charge in [0.05, 0.1) is 0 Å². The molecule has 17 heavy (non-hydrogen) atoms. The van der Waals surface area contributed by atoms with Crippen LogP contribution in [0.5, 0.6) is 0 Å². The maximum atomic E-state index is 10.9. The minimum absolute atomic E-state index is 0.114. The van der Waals surface area contributed by atoms with Gasteiger partial charge < -0.3 is 15.3 Å². The second kappa shape index (κ2) is 4.67. The molecule has 1 aromatic heterocycles. The number of aromatic carboxylic acids is 1. The van der Waals surface area contributed by atoms with Crippen molar-refractivity contribution in [2.24, 2.45) is 0 Å². The normalized spacial score (nSPS) is 20.5. The molecule has 0 saturated carbocycles. The quantitative estimate of drug-likeness (QED) is 0.801. The number of hydrogen-bond donors (Lipinski definition) is 2. The fourth-order valence-electron chi connectivity index (χ4n) is 2.09. The molecule has 0 amide bonds. The lowest BCUT2D eigenvalue weighted by Gasteiger charge is -2.11. The van der Waals surface area contributed by atoms with Crippen molar-refractivity contribution in [3.63, 3.8) is 0 Å². The second-order valence-electron chi connectivity index (χ2n) is 4.29. The van der Waals surface area contributed by atoms with E-state index in [2.05, 4.69) is 27.2 Å². The van der Waals surface area contributed by atoms with Crippen LogP contribution in [0.1, 0.15) is 28.5 Å². The van der Waals surface area contributed by atoms with Gasteiger partial charge in [-0.25, -0.2) is 14.8 Å². The standard InChI is InChI=1S/C11H16N4O2/c1-12-10-8(11(16)17)5-13-9(14-10)7-3-4-15(2)6-7/h5,7H,3-4,6H2,1-2H3,(H,16,17)(H,12,13,14). The summed E-state index contributed by atoms with van der Waals surface area (Å²) in [5, 5.41) is 11.8. The third-order valence-electron chi connectivity index (χ3n) is 3.03. The van der Waals surface area contributed by atoms with Gasteiger partial charge in [-0.15, -0.1) is 0 Å². The summed E-state index contributed by atoms with van der Waals surface area (Å²) >= 11 is 0. The van der Waals surface area contributed by atoms with E-state index in [1.165, 1.54) is 6.20 Å². The highest BCUT2D eigenvalue weighted by atomic mass is 16.4. The van der Waals surface area contributed by atoms with Crippen molar-refractivity contribution in [1.82, 2.24) is 14.9 Å². The minimum atomic E-state index is -1.01. The number of rotatable bonds is 3. The molecule has 1 unspecified atom stereocenters. The Morgan fingerprint density at radius 3 is 2.94 bits per heavy atom. The molecule has 0 aliphatic carbocycles. The molecule has 1 aliphatic heterocycles. The molecule has 92 valence electrons. The topological polar surface area (TPSA) is 78.4 Å². The summed E-state index contributed by atoms with van der Waals surface area (Å²) < 4.78 is 0. The van der Waals surface area contributed by atoms with E-state index in [0.717, 1.165) is 25.3 Å². The maximum absolute atomic E-state index is 10.9. The van der Waals surface area contributed by atoms with Gasteiger partial charge in [0, 0.05) is 25.7 Å². The molecule has 1 fully saturated rings. The number of carboxylic acids is 1. The lowest BCUT2D eigenvalue weighted by atomic mass is 10.1. The Morgan fingerprint density at radius 1 is 1.65 bits per heavy atom. The van der Waals surface area contributed by atoms with Crippen LogP contribution in [-0.2, 0) is 0 Å². The largest absolute Gasteiger partial charge is 0.477 e. The summed E-state index contributed by atoms with van der Waals surface area (Å²) in [5.74, 6) is 0.403. The lowest BCUT2D eigenvalue weighted by Crippen LogP contribution is -2.15. The molecule has 0 bridgehead atoms. The Labute approximate surface area is 99.7 Å². The molecular weight excluding hydrogens is 220 g/mol. The van der Waals surface area contributed by atoms with Crippen molar-refractivity contribution in [3.8, 4) is 0 Å². The van der Waals surface area contributed by atoms with Crippen LogP contribution in [-0.4, -0.2) is 53.1 Å². The summed E-state index contributed by atoms with van der Waals surface area (Å²) in [6, 6.07) is 0. The molecule has 1 aromatic rings. The van der Waals surface area contributed by atoms with Crippen molar-refractivity contribution in [1.29, 1.82) is 0 Å². The summed E-state index contributed by atoms with van der Waals surface area (Å²) in [4.78, 5) is 21.6. The van der Waals surface area contributed by atoms with Crippen LogP contribution in [0.3, 0.4) is 0 Å². The van der Waals surface area contributed by atoms with Gasteiger partial charge in [0.15, 0.2) is 0 Å². The van der Waals surface area contributed by atoms with Crippen LogP contribution in [0.4, 0.5) is 5.82 Å². The minimum Gasteiger partial charge on any atom is -0.477 e. The van der Waals surface area contributed by atoms with Crippen LogP contribution in [0.25, 0.3) is 0 Å². The van der Waals surface area contributed by atoms with Gasteiger partial charge in [0.1, 0.15) is 17.2 Å². The van der Waals surface area contributed by atoms with E-state index in [4.69, 9.17) is 5.11 Å². The van der Waals surface area contributed by atoms with Crippen molar-refractivity contribution in [2.45, 2.75) is 12.3 Å². The number of likely N-dealkylation sites (N-methyl/N-ethyl adjacent to an activating group) is 1. The fourth-order valence-corrected chi connectivity index (χ4v) is 2.09. The van der Waals surface area contributed by atoms with Gasteiger partial charge in [0.2, 0.25) is 0 Å². The molecule has 0 radical (unpaired) electrons. The highest BCUT2D eigenvalue weighted by Crippen LogP contribution is 2.24. The number of likely N-dealkylation sites (tertiary alicyclic amines) is 1. The summed E-state index contributed by atoms with van der Waals surface area (Å²) in [6.07, 6.45) is 2.40. The number of aromatic nitrogens is 2. The zero-order valence-corrected chi connectivity index (χ0v) is 9.97. The van der Waals surface area contributed by atoms with Crippen LogP contribution >= 0.6 is 0 Å². The van der Waals surface area contributed by atoms with E-state index in [9.17, 15) is 4.79 Å². The first-order chi connectivity index (χ1) is 8.11. The Bertz CT molecular complexity index is 435. The third kappa shape index (κ3) is 2.36. The SMILES string of the molecule is CNc1nc(C2CCN(C)C2)ncc1C(=O)O. The van der Waals surface area contributed by atoms with Crippen LogP contribution in [0.2, 0.25) is 0 Å². The van der Waals surface area contributed by atoms with Crippen molar-refractivity contribution in [3.05, 3.63) is 17.6 Å². The van der Waals surface area contributed by atoms with E-state index >= 15 is 0 Å². The van der Waals surface area contributed by atoms with E-state index in [1.54, 1.807) is 7.05 Å². The first-order valence-corrected chi connectivity index (χ1v) is 5.58. The Balaban J connectivity index is 2.28. The molecule has 6 heteroatoms. The molecule has 2 heterocycles. The molecule has 1 atom stereocenters. The monoisotopic (exact) mass is 236 g/mol. The van der Waals surface area contributed by atoms with Crippen molar-refractivity contribution >= 4 is 11.8 Å². The second-order valence-corrected chi connectivity index (χ2v) is 4.29. The molecule has 0 aromatic carbocycles. The summed E-state index contributed by atoms with van der Waals surface area (Å²) in [6.45, 7) is 1.96. The molecule has 6 nitrogen and oxygen atoms in total. The highest BCUT2D eigenvalue weighted by molar-refractivity contribution is 5.92. The number of carbonyl (C=O) groups is 1. The lowest BCUT2D eigenvalue weighted by molar-refractivity contribution is 0.0697. The Hall–Kier alpha value is -1.69. The third-order valence-corrected chi connectivity index (χ3v) is 3.03. The zero-order valence-electron chi connectivity index (χ0n) is 9.97. The van der Waals surface area contributed by atoms with E-state index < -0.39 is 5.97 Å². The zero-order chi connectivity index (χ0) is 12.4. The van der Waals surface area contributed by atoms with E-state index in [0.29, 0.717) is 11.7 Å². The van der Waals surface area contributed by atoms with Gasteiger partial charge in [-0.1, -0.05) is 0 Å². The van der Waals surface area contributed by atoms with E-state index in [1.807, 2.05) is 0 Å². The molecule has 1 saturated heterocycles. The number of anilines is 1. The first kappa shape index (κ1) is 11.8. The molecule has 0 spiro atoms. The van der Waals surface area contributed by atoms with Gasteiger partial charge in [-0.3, -0.25) is 0 Å². The Morgan fingerprint density at radius 2 is 2.41 bits per heavy atom. The summed E-state index contributed by atoms with van der Waals surface area (Å²) in [7, 11) is 3.73. The fraction of sp³-hybridized carbons (Fsp3) is 0.545. The summed E-state index contributed by atoms with van der Waals surface area (Å²) in [5.41, 5.74) is 0.114. The van der Waals surface area contributed by atoms with Gasteiger partial charge in [0.25, 0.3) is 0 Å². The molecule has 2 rings (SSSR count). The van der Waals surface area contributed by atoms with Crippen molar-refractivity contribution < 1.29 is 9.90 Å². The smallest absolute Gasteiger partial charge is 0.341 e. The number of carboxylic acid groups (broad SMARTS) is 1.